The second kappa shape index (κ2) is 6.03. The average molecular weight is 371 g/mol. The Kier molecular flexibility index (Phi) is 4.12. The fourth-order valence-corrected chi connectivity index (χ4v) is 2.74. The molecule has 0 unspecified atom stereocenters. The van der Waals surface area contributed by atoms with Crippen molar-refractivity contribution in [3.8, 4) is 17.2 Å². The minimum Gasteiger partial charge on any atom is -0.495 e. The quantitative estimate of drug-likeness (QED) is 0.863. The Morgan fingerprint density at radius 2 is 2.00 bits per heavy atom. The maximum atomic E-state index is 6.02. The zero-order valence-electron chi connectivity index (χ0n) is 11.3. The van der Waals surface area contributed by atoms with Crippen LogP contribution in [0.4, 0.5) is 5.69 Å². The Bertz CT molecular complexity index is 678. The molecule has 0 saturated carbocycles. The number of fused-ring (bicyclic) bond motifs is 1. The summed E-state index contributed by atoms with van der Waals surface area (Å²) in [5.74, 6) is 2.26. The summed E-state index contributed by atoms with van der Waals surface area (Å²) in [4.78, 5) is 0. The van der Waals surface area contributed by atoms with Crippen LogP contribution in [-0.4, -0.2) is 13.9 Å². The zero-order chi connectivity index (χ0) is 14.8. The van der Waals surface area contributed by atoms with Gasteiger partial charge in [-0.05, 0) is 35.9 Å². The van der Waals surface area contributed by atoms with Gasteiger partial charge in [0.25, 0.3) is 0 Å². The normalized spacial score (nSPS) is 12.3. The van der Waals surface area contributed by atoms with Gasteiger partial charge in [-0.1, -0.05) is 27.5 Å². The first-order valence-electron chi connectivity index (χ1n) is 6.33. The number of halogens is 2. The van der Waals surface area contributed by atoms with E-state index in [2.05, 4.69) is 21.2 Å². The topological polar surface area (TPSA) is 39.7 Å². The largest absolute Gasteiger partial charge is 0.495 e. The van der Waals surface area contributed by atoms with Gasteiger partial charge in [0.05, 0.1) is 12.8 Å². The van der Waals surface area contributed by atoms with E-state index in [1.165, 1.54) is 0 Å². The standard InChI is InChI=1S/C15H13BrClNO3/c1-19-13-3-2-10(17)5-12(13)18-7-9-4-14-15(6-11(9)16)21-8-20-14/h2-6,18H,7-8H2,1H3. The van der Waals surface area contributed by atoms with Gasteiger partial charge in [0.1, 0.15) is 5.75 Å². The van der Waals surface area contributed by atoms with Crippen molar-refractivity contribution < 1.29 is 14.2 Å². The first-order chi connectivity index (χ1) is 10.2. The van der Waals surface area contributed by atoms with Crippen LogP contribution in [0.15, 0.2) is 34.8 Å². The molecule has 21 heavy (non-hydrogen) atoms. The second-order valence-electron chi connectivity index (χ2n) is 4.50. The van der Waals surface area contributed by atoms with E-state index in [1.54, 1.807) is 13.2 Å². The van der Waals surface area contributed by atoms with Gasteiger partial charge in [0, 0.05) is 16.0 Å². The Morgan fingerprint density at radius 3 is 2.76 bits per heavy atom. The van der Waals surface area contributed by atoms with Crippen LogP contribution in [0.5, 0.6) is 17.2 Å². The molecule has 2 aromatic carbocycles. The molecule has 0 aromatic heterocycles. The summed E-state index contributed by atoms with van der Waals surface area (Å²) in [5.41, 5.74) is 1.90. The molecule has 3 rings (SSSR count). The lowest BCUT2D eigenvalue weighted by Gasteiger charge is -2.13. The van der Waals surface area contributed by atoms with Gasteiger partial charge >= 0.3 is 0 Å². The summed E-state index contributed by atoms with van der Waals surface area (Å²) in [6.45, 7) is 0.870. The number of anilines is 1. The fourth-order valence-electron chi connectivity index (χ4n) is 2.10. The summed E-state index contributed by atoms with van der Waals surface area (Å²) in [7, 11) is 1.63. The number of nitrogens with one attached hydrogen (secondary N) is 1. The molecule has 2 aromatic rings. The Hall–Kier alpha value is -1.59. The molecule has 0 radical (unpaired) electrons. The van der Waals surface area contributed by atoms with Crippen molar-refractivity contribution in [2.45, 2.75) is 6.54 Å². The highest BCUT2D eigenvalue weighted by molar-refractivity contribution is 9.10. The van der Waals surface area contributed by atoms with Crippen LogP contribution in [0, 0.1) is 0 Å². The summed E-state index contributed by atoms with van der Waals surface area (Å²) < 4.78 is 17.0. The van der Waals surface area contributed by atoms with Crippen LogP contribution < -0.4 is 19.5 Å². The van der Waals surface area contributed by atoms with Crippen LogP contribution in [-0.2, 0) is 6.54 Å². The van der Waals surface area contributed by atoms with E-state index < -0.39 is 0 Å². The van der Waals surface area contributed by atoms with E-state index in [-0.39, 0.29) is 6.79 Å². The lowest BCUT2D eigenvalue weighted by Crippen LogP contribution is -2.02. The molecule has 0 bridgehead atoms. The van der Waals surface area contributed by atoms with Crippen LogP contribution in [0.3, 0.4) is 0 Å². The number of rotatable bonds is 4. The average Bonchev–Trinajstić information content (AvgIpc) is 2.92. The second-order valence-corrected chi connectivity index (χ2v) is 5.79. The minimum atomic E-state index is 0.265. The molecule has 1 aliphatic rings. The van der Waals surface area contributed by atoms with Gasteiger partial charge in [0.15, 0.2) is 11.5 Å². The number of hydrogen-bond acceptors (Lipinski definition) is 4. The van der Waals surface area contributed by atoms with E-state index in [4.69, 9.17) is 25.8 Å². The van der Waals surface area contributed by atoms with Gasteiger partial charge in [-0.2, -0.15) is 0 Å². The van der Waals surface area contributed by atoms with Crippen molar-refractivity contribution in [1.82, 2.24) is 0 Å². The molecule has 6 heteroatoms. The van der Waals surface area contributed by atoms with E-state index >= 15 is 0 Å². The summed E-state index contributed by atoms with van der Waals surface area (Å²) in [6, 6.07) is 9.33. The molecule has 1 aliphatic heterocycles. The first kappa shape index (κ1) is 14.4. The molecular formula is C15H13BrClNO3. The van der Waals surface area contributed by atoms with Crippen molar-refractivity contribution in [3.05, 3.63) is 45.4 Å². The van der Waals surface area contributed by atoms with Crippen LogP contribution in [0.1, 0.15) is 5.56 Å². The molecule has 0 aliphatic carbocycles. The van der Waals surface area contributed by atoms with Gasteiger partial charge in [-0.15, -0.1) is 0 Å². The molecule has 0 fully saturated rings. The SMILES string of the molecule is COc1ccc(Cl)cc1NCc1cc2c(cc1Br)OCO2. The van der Waals surface area contributed by atoms with Crippen molar-refractivity contribution in [2.24, 2.45) is 0 Å². The summed E-state index contributed by atoms with van der Waals surface area (Å²) >= 11 is 9.56. The molecule has 4 nitrogen and oxygen atoms in total. The summed E-state index contributed by atoms with van der Waals surface area (Å²) in [6.07, 6.45) is 0. The number of benzene rings is 2. The van der Waals surface area contributed by atoms with Crippen molar-refractivity contribution >= 4 is 33.2 Å². The highest BCUT2D eigenvalue weighted by Crippen LogP contribution is 2.37. The lowest BCUT2D eigenvalue weighted by atomic mass is 10.2. The van der Waals surface area contributed by atoms with E-state index in [9.17, 15) is 0 Å². The van der Waals surface area contributed by atoms with Crippen LogP contribution in [0.25, 0.3) is 0 Å². The zero-order valence-corrected chi connectivity index (χ0v) is 13.6. The predicted octanol–water partition coefficient (Wildman–Crippen LogP) is 4.45. The molecule has 0 amide bonds. The molecular weight excluding hydrogens is 358 g/mol. The van der Waals surface area contributed by atoms with Crippen molar-refractivity contribution in [1.29, 1.82) is 0 Å². The number of methoxy groups -OCH3 is 1. The van der Waals surface area contributed by atoms with E-state index in [1.807, 2.05) is 24.3 Å². The maximum Gasteiger partial charge on any atom is 0.231 e. The highest BCUT2D eigenvalue weighted by atomic mass is 79.9. The van der Waals surface area contributed by atoms with Crippen molar-refractivity contribution in [2.75, 3.05) is 19.2 Å². The third-order valence-electron chi connectivity index (χ3n) is 3.17. The number of hydrogen-bond donors (Lipinski definition) is 1. The van der Waals surface area contributed by atoms with Gasteiger partial charge in [0.2, 0.25) is 6.79 Å². The highest BCUT2D eigenvalue weighted by Gasteiger charge is 2.16. The monoisotopic (exact) mass is 369 g/mol. The molecule has 1 N–H and O–H groups in total. The molecule has 110 valence electrons. The molecule has 0 atom stereocenters. The number of ether oxygens (including phenoxy) is 3. The molecule has 0 saturated heterocycles. The van der Waals surface area contributed by atoms with Crippen LogP contribution in [0.2, 0.25) is 5.02 Å². The van der Waals surface area contributed by atoms with E-state index in [0.717, 1.165) is 33.0 Å². The van der Waals surface area contributed by atoms with Crippen molar-refractivity contribution in [3.63, 3.8) is 0 Å². The lowest BCUT2D eigenvalue weighted by molar-refractivity contribution is 0.174. The molecule has 0 spiro atoms. The third-order valence-corrected chi connectivity index (χ3v) is 4.15. The first-order valence-corrected chi connectivity index (χ1v) is 7.50. The Morgan fingerprint density at radius 1 is 1.24 bits per heavy atom. The smallest absolute Gasteiger partial charge is 0.231 e. The fraction of sp³-hybridized carbons (Fsp3) is 0.200. The van der Waals surface area contributed by atoms with Gasteiger partial charge in [-0.25, -0.2) is 0 Å². The third kappa shape index (κ3) is 3.04. The predicted molar refractivity (Wildman–Crippen MR) is 85.6 cm³/mol. The van der Waals surface area contributed by atoms with E-state index in [0.29, 0.717) is 11.6 Å². The van der Waals surface area contributed by atoms with Crippen LogP contribution >= 0.6 is 27.5 Å². The Labute approximate surface area is 136 Å². The maximum absolute atomic E-state index is 6.02. The Balaban J connectivity index is 1.81. The minimum absolute atomic E-state index is 0.265. The molecule has 1 heterocycles. The summed E-state index contributed by atoms with van der Waals surface area (Å²) in [5, 5.41) is 3.97. The van der Waals surface area contributed by atoms with Gasteiger partial charge in [-0.3, -0.25) is 0 Å². The van der Waals surface area contributed by atoms with Gasteiger partial charge < -0.3 is 19.5 Å².